The number of hydrogen-bond donors (Lipinski definition) is 1. The summed E-state index contributed by atoms with van der Waals surface area (Å²) < 4.78 is 23.5. The molecule has 1 rings (SSSR count). The van der Waals surface area contributed by atoms with Gasteiger partial charge in [-0.25, -0.2) is 4.39 Å². The van der Waals surface area contributed by atoms with Gasteiger partial charge in [0, 0.05) is 6.42 Å². The summed E-state index contributed by atoms with van der Waals surface area (Å²) in [5.74, 6) is -0.858. The van der Waals surface area contributed by atoms with Gasteiger partial charge in [0.2, 0.25) is 0 Å². The standard InChI is InChI=1S/C11H13BrFNO3/c1-16-9(15)3-2-6-17-11-8(14)5-4-7(12)10(11)13/h4-5H,2-3,6,14H2,1H3. The largest absolute Gasteiger partial charge is 0.488 e. The van der Waals surface area contributed by atoms with Gasteiger partial charge in [-0.3, -0.25) is 4.79 Å². The number of nitrogens with two attached hydrogens (primary N) is 1. The molecule has 0 aliphatic heterocycles. The van der Waals surface area contributed by atoms with Crippen LogP contribution in [0.2, 0.25) is 0 Å². The minimum Gasteiger partial charge on any atom is -0.488 e. The van der Waals surface area contributed by atoms with Crippen LogP contribution < -0.4 is 10.5 Å². The zero-order valence-electron chi connectivity index (χ0n) is 9.33. The van der Waals surface area contributed by atoms with Gasteiger partial charge in [0.05, 0.1) is 23.9 Å². The molecule has 6 heteroatoms. The smallest absolute Gasteiger partial charge is 0.305 e. The van der Waals surface area contributed by atoms with Gasteiger partial charge in [-0.1, -0.05) is 0 Å². The number of rotatable bonds is 5. The fraction of sp³-hybridized carbons (Fsp3) is 0.364. The average molecular weight is 306 g/mol. The topological polar surface area (TPSA) is 61.5 Å². The number of ether oxygens (including phenoxy) is 2. The number of carbonyl (C=O) groups is 1. The van der Waals surface area contributed by atoms with Crippen molar-refractivity contribution in [2.75, 3.05) is 19.5 Å². The maximum absolute atomic E-state index is 13.6. The molecule has 1 aromatic carbocycles. The highest BCUT2D eigenvalue weighted by atomic mass is 79.9. The van der Waals surface area contributed by atoms with Crippen molar-refractivity contribution >= 4 is 27.6 Å². The first-order valence-corrected chi connectivity index (χ1v) is 5.78. The number of carbonyl (C=O) groups excluding carboxylic acids is 1. The Morgan fingerprint density at radius 2 is 2.24 bits per heavy atom. The molecule has 0 amide bonds. The molecule has 4 nitrogen and oxygen atoms in total. The summed E-state index contributed by atoms with van der Waals surface area (Å²) in [5, 5.41) is 0. The van der Waals surface area contributed by atoms with E-state index in [9.17, 15) is 9.18 Å². The Hall–Kier alpha value is -1.30. The number of nitrogen functional groups attached to an aromatic ring is 1. The third-order valence-corrected chi connectivity index (χ3v) is 2.69. The van der Waals surface area contributed by atoms with Gasteiger partial charge in [-0.2, -0.15) is 0 Å². The first kappa shape index (κ1) is 13.8. The molecule has 0 aliphatic rings. The fourth-order valence-electron chi connectivity index (χ4n) is 1.19. The molecule has 0 fully saturated rings. The molecule has 0 saturated carbocycles. The first-order valence-electron chi connectivity index (χ1n) is 4.99. The van der Waals surface area contributed by atoms with E-state index in [0.29, 0.717) is 6.42 Å². The summed E-state index contributed by atoms with van der Waals surface area (Å²) in [5.41, 5.74) is 5.81. The number of esters is 1. The molecule has 0 aromatic heterocycles. The first-order chi connectivity index (χ1) is 8.06. The van der Waals surface area contributed by atoms with Crippen LogP contribution in [0.1, 0.15) is 12.8 Å². The third-order valence-electron chi connectivity index (χ3n) is 2.08. The number of anilines is 1. The van der Waals surface area contributed by atoms with Crippen LogP contribution in [0.25, 0.3) is 0 Å². The molecule has 94 valence electrons. The van der Waals surface area contributed by atoms with Crippen molar-refractivity contribution in [3.8, 4) is 5.75 Å². The molecule has 0 saturated heterocycles. The van der Waals surface area contributed by atoms with E-state index in [1.54, 1.807) is 6.07 Å². The molecule has 0 aliphatic carbocycles. The molecule has 0 atom stereocenters. The predicted octanol–water partition coefficient (Wildman–Crippen LogP) is 2.50. The summed E-state index contributed by atoms with van der Waals surface area (Å²) in [6.45, 7) is 0.201. The van der Waals surface area contributed by atoms with E-state index >= 15 is 0 Å². The van der Waals surface area contributed by atoms with E-state index in [-0.39, 0.29) is 34.9 Å². The highest BCUT2D eigenvalue weighted by Gasteiger charge is 2.11. The lowest BCUT2D eigenvalue weighted by atomic mass is 10.3. The van der Waals surface area contributed by atoms with E-state index < -0.39 is 5.82 Å². The van der Waals surface area contributed by atoms with Crippen LogP contribution in [-0.2, 0) is 9.53 Å². The maximum Gasteiger partial charge on any atom is 0.305 e. The number of methoxy groups -OCH3 is 1. The van der Waals surface area contributed by atoms with Crippen molar-refractivity contribution in [1.29, 1.82) is 0 Å². The van der Waals surface area contributed by atoms with Gasteiger partial charge < -0.3 is 15.2 Å². The van der Waals surface area contributed by atoms with E-state index in [1.807, 2.05) is 0 Å². The molecule has 0 heterocycles. The zero-order valence-corrected chi connectivity index (χ0v) is 10.9. The van der Waals surface area contributed by atoms with E-state index in [0.717, 1.165) is 0 Å². The molecule has 0 radical (unpaired) electrons. The second-order valence-corrected chi connectivity index (χ2v) is 4.16. The van der Waals surface area contributed by atoms with Gasteiger partial charge in [0.25, 0.3) is 0 Å². The van der Waals surface area contributed by atoms with Crippen molar-refractivity contribution < 1.29 is 18.7 Å². The summed E-state index contributed by atoms with van der Waals surface area (Å²) in [4.78, 5) is 10.8. The van der Waals surface area contributed by atoms with Crippen LogP contribution >= 0.6 is 15.9 Å². The maximum atomic E-state index is 13.6. The molecular weight excluding hydrogens is 293 g/mol. The molecule has 2 N–H and O–H groups in total. The van der Waals surface area contributed by atoms with E-state index in [4.69, 9.17) is 10.5 Å². The highest BCUT2D eigenvalue weighted by Crippen LogP contribution is 2.30. The lowest BCUT2D eigenvalue weighted by Crippen LogP contribution is -2.06. The Balaban J connectivity index is 2.52. The minimum atomic E-state index is -0.539. The van der Waals surface area contributed by atoms with Crippen molar-refractivity contribution in [1.82, 2.24) is 0 Å². The Bertz CT molecular complexity index is 412. The van der Waals surface area contributed by atoms with E-state index in [1.165, 1.54) is 13.2 Å². The highest BCUT2D eigenvalue weighted by molar-refractivity contribution is 9.10. The fourth-order valence-corrected chi connectivity index (χ4v) is 1.50. The zero-order chi connectivity index (χ0) is 12.8. The summed E-state index contributed by atoms with van der Waals surface area (Å²) in [6, 6.07) is 3.05. The Morgan fingerprint density at radius 1 is 1.53 bits per heavy atom. The van der Waals surface area contributed by atoms with Crippen molar-refractivity contribution in [3.63, 3.8) is 0 Å². The summed E-state index contributed by atoms with van der Waals surface area (Å²) in [6.07, 6.45) is 0.671. The molecular formula is C11H13BrFNO3. The Labute approximate surface area is 107 Å². The van der Waals surface area contributed by atoms with Gasteiger partial charge >= 0.3 is 5.97 Å². The van der Waals surface area contributed by atoms with Crippen molar-refractivity contribution in [3.05, 3.63) is 22.4 Å². The summed E-state index contributed by atoms with van der Waals surface area (Å²) >= 11 is 3.04. The molecule has 0 unspecified atom stereocenters. The van der Waals surface area contributed by atoms with Crippen LogP contribution in [0.15, 0.2) is 16.6 Å². The molecule has 0 bridgehead atoms. The van der Waals surface area contributed by atoms with Crippen LogP contribution in [0.3, 0.4) is 0 Å². The van der Waals surface area contributed by atoms with Crippen LogP contribution in [0.4, 0.5) is 10.1 Å². The van der Waals surface area contributed by atoms with Crippen molar-refractivity contribution in [2.45, 2.75) is 12.8 Å². The Morgan fingerprint density at radius 3 is 2.88 bits per heavy atom. The lowest BCUT2D eigenvalue weighted by molar-refractivity contribution is -0.140. The quantitative estimate of drug-likeness (QED) is 0.516. The normalized spacial score (nSPS) is 10.1. The number of halogens is 2. The Kier molecular flexibility index (Phi) is 5.21. The van der Waals surface area contributed by atoms with Crippen LogP contribution in [0.5, 0.6) is 5.75 Å². The lowest BCUT2D eigenvalue weighted by Gasteiger charge is -2.10. The minimum absolute atomic E-state index is 0.00393. The predicted molar refractivity (Wildman–Crippen MR) is 65.3 cm³/mol. The molecule has 17 heavy (non-hydrogen) atoms. The van der Waals surface area contributed by atoms with Crippen molar-refractivity contribution in [2.24, 2.45) is 0 Å². The molecule has 0 spiro atoms. The average Bonchev–Trinajstić information content (AvgIpc) is 2.32. The SMILES string of the molecule is COC(=O)CCCOc1c(N)ccc(Br)c1F. The summed E-state index contributed by atoms with van der Waals surface area (Å²) in [7, 11) is 1.31. The van der Waals surface area contributed by atoms with Gasteiger partial charge in [-0.05, 0) is 34.5 Å². The second-order valence-electron chi connectivity index (χ2n) is 3.31. The second kappa shape index (κ2) is 6.44. The van der Waals surface area contributed by atoms with Gasteiger partial charge in [0.1, 0.15) is 0 Å². The van der Waals surface area contributed by atoms with Gasteiger partial charge in [0.15, 0.2) is 11.6 Å². The molecule has 1 aromatic rings. The number of benzene rings is 1. The monoisotopic (exact) mass is 305 g/mol. The van der Waals surface area contributed by atoms with Crippen LogP contribution in [0, 0.1) is 5.82 Å². The van der Waals surface area contributed by atoms with Gasteiger partial charge in [-0.15, -0.1) is 0 Å². The number of hydrogen-bond acceptors (Lipinski definition) is 4. The van der Waals surface area contributed by atoms with Crippen LogP contribution in [-0.4, -0.2) is 19.7 Å². The third kappa shape index (κ3) is 3.89. The van der Waals surface area contributed by atoms with E-state index in [2.05, 4.69) is 20.7 Å².